The first-order valence-corrected chi connectivity index (χ1v) is 16.7. The van der Waals surface area contributed by atoms with E-state index in [0.29, 0.717) is 17.4 Å². The largest absolute Gasteiger partial charge is 0.494 e. The van der Waals surface area contributed by atoms with Crippen molar-refractivity contribution in [3.63, 3.8) is 0 Å². The number of hydrogen-bond acceptors (Lipinski definition) is 4. The molecule has 45 heavy (non-hydrogen) atoms. The van der Waals surface area contributed by atoms with Gasteiger partial charge in [0.1, 0.15) is 23.0 Å². The highest BCUT2D eigenvalue weighted by Gasteiger charge is 2.23. The molecule has 0 aliphatic heterocycles. The molecule has 0 radical (unpaired) electrons. The van der Waals surface area contributed by atoms with Gasteiger partial charge < -0.3 is 9.47 Å². The fraction of sp³-hybridized carbons (Fsp3) is 0.371. The molecule has 1 N–H and O–H groups in total. The van der Waals surface area contributed by atoms with Gasteiger partial charge in [-0.2, -0.15) is 0 Å². The summed E-state index contributed by atoms with van der Waals surface area (Å²) in [6, 6.07) is 20.5. The summed E-state index contributed by atoms with van der Waals surface area (Å²) in [5.41, 5.74) is 0.561. The van der Waals surface area contributed by atoms with Crippen LogP contribution in [0.2, 0.25) is 15.1 Å². The van der Waals surface area contributed by atoms with Gasteiger partial charge in [-0.1, -0.05) is 130 Å². The van der Waals surface area contributed by atoms with E-state index in [0.717, 1.165) is 24.2 Å². The molecule has 0 saturated heterocycles. The summed E-state index contributed by atoms with van der Waals surface area (Å²) in [6.45, 7) is 3.03. The van der Waals surface area contributed by atoms with Crippen LogP contribution in [-0.4, -0.2) is 22.5 Å². The maximum Gasteiger partial charge on any atom is 0.421 e. The van der Waals surface area contributed by atoms with Crippen LogP contribution in [0.3, 0.4) is 0 Å². The Kier molecular flexibility index (Phi) is 13.7. The summed E-state index contributed by atoms with van der Waals surface area (Å²) in [5, 5.41) is 3.64. The molecular formula is C35H40Cl3N3O4. The van der Waals surface area contributed by atoms with E-state index in [1.165, 1.54) is 79.1 Å². The van der Waals surface area contributed by atoms with E-state index in [-0.39, 0.29) is 28.1 Å². The van der Waals surface area contributed by atoms with Gasteiger partial charge in [-0.15, -0.1) is 0 Å². The fourth-order valence-corrected chi connectivity index (χ4v) is 5.97. The molecule has 10 heteroatoms. The average molecular weight is 673 g/mol. The van der Waals surface area contributed by atoms with Gasteiger partial charge in [-0.25, -0.2) is 9.48 Å². The van der Waals surface area contributed by atoms with Gasteiger partial charge >= 0.3 is 6.09 Å². The number of hydrogen-bond donors (Lipinski definition) is 1. The molecular weight excluding hydrogens is 633 g/mol. The highest BCUT2D eigenvalue weighted by molar-refractivity contribution is 6.40. The second-order valence-electron chi connectivity index (χ2n) is 11.0. The van der Waals surface area contributed by atoms with Gasteiger partial charge in [0.15, 0.2) is 0 Å². The van der Waals surface area contributed by atoms with Crippen LogP contribution in [0.5, 0.6) is 11.5 Å². The monoisotopic (exact) mass is 671 g/mol. The van der Waals surface area contributed by atoms with Crippen LogP contribution in [0.1, 0.15) is 76.7 Å². The number of nitrogens with zero attached hydrogens (tertiary/aromatic N) is 2. The second kappa shape index (κ2) is 17.9. The number of aromatic nitrogens is 2. The summed E-state index contributed by atoms with van der Waals surface area (Å²) < 4.78 is 12.8. The number of halogens is 3. The number of carbonyl (C=O) groups is 1. The molecule has 0 spiro atoms. The van der Waals surface area contributed by atoms with Gasteiger partial charge in [0, 0.05) is 11.1 Å². The van der Waals surface area contributed by atoms with Gasteiger partial charge in [-0.05, 0) is 48.4 Å². The Bertz CT molecular complexity index is 1530. The quantitative estimate of drug-likeness (QED) is 0.113. The Hall–Kier alpha value is -3.39. The first-order valence-electron chi connectivity index (χ1n) is 15.6. The number of amides is 1. The average Bonchev–Trinajstić information content (AvgIpc) is 3.39. The van der Waals surface area contributed by atoms with Crippen molar-refractivity contribution in [1.82, 2.24) is 9.78 Å². The van der Waals surface area contributed by atoms with E-state index in [9.17, 15) is 9.59 Å². The van der Waals surface area contributed by atoms with Gasteiger partial charge in [0.2, 0.25) is 0 Å². The molecule has 240 valence electrons. The molecule has 4 aromatic rings. The number of benzene rings is 3. The number of H-pyrrole nitrogens is 1. The third-order valence-corrected chi connectivity index (χ3v) is 8.20. The smallest absolute Gasteiger partial charge is 0.421 e. The minimum atomic E-state index is -0.677. The van der Waals surface area contributed by atoms with Gasteiger partial charge in [0.25, 0.3) is 5.56 Å². The Labute approximate surface area is 280 Å². The van der Waals surface area contributed by atoms with Crippen molar-refractivity contribution in [2.24, 2.45) is 0 Å². The lowest BCUT2D eigenvalue weighted by Gasteiger charge is -2.21. The van der Waals surface area contributed by atoms with E-state index in [2.05, 4.69) is 12.0 Å². The summed E-state index contributed by atoms with van der Waals surface area (Å²) in [4.78, 5) is 27.8. The molecule has 1 heterocycles. The van der Waals surface area contributed by atoms with Crippen LogP contribution in [0.4, 0.5) is 10.6 Å². The van der Waals surface area contributed by atoms with Crippen LogP contribution in [0, 0.1) is 0 Å². The molecule has 0 atom stereocenters. The van der Waals surface area contributed by atoms with Crippen molar-refractivity contribution in [2.75, 3.05) is 11.5 Å². The Morgan fingerprint density at radius 3 is 2.00 bits per heavy atom. The fourth-order valence-electron chi connectivity index (χ4n) is 4.98. The molecule has 0 aliphatic carbocycles. The van der Waals surface area contributed by atoms with E-state index >= 15 is 0 Å². The summed E-state index contributed by atoms with van der Waals surface area (Å²) in [7, 11) is 0. The standard InChI is InChI=1S/C35H40Cl3N3O4/c1-2-3-4-5-6-7-8-9-10-14-21-44-28-19-17-26(18-20-28)25-40(35(43)45-29-15-12-11-13-16-29)32-24-33(42)41(39-32)34-30(37)22-27(36)23-31(34)38/h11-13,15-20,22-24,39H,2-10,14,21,25H2,1H3. The van der Waals surface area contributed by atoms with Crippen LogP contribution in [0.15, 0.2) is 77.6 Å². The minimum absolute atomic E-state index is 0.117. The number of rotatable bonds is 17. The predicted octanol–water partition coefficient (Wildman–Crippen LogP) is 10.6. The molecule has 7 nitrogen and oxygen atoms in total. The Morgan fingerprint density at radius 2 is 1.38 bits per heavy atom. The van der Waals surface area contributed by atoms with Crippen molar-refractivity contribution in [3.8, 4) is 17.2 Å². The van der Waals surface area contributed by atoms with E-state index in [1.54, 1.807) is 24.3 Å². The van der Waals surface area contributed by atoms with Crippen molar-refractivity contribution < 1.29 is 14.3 Å². The lowest BCUT2D eigenvalue weighted by molar-refractivity contribution is 0.207. The molecule has 1 amide bonds. The molecule has 0 bridgehead atoms. The number of aromatic amines is 1. The summed E-state index contributed by atoms with van der Waals surface area (Å²) in [6.07, 6.45) is 12.1. The van der Waals surface area contributed by atoms with Gasteiger partial charge in [0.05, 0.1) is 23.2 Å². The molecule has 3 aromatic carbocycles. The highest BCUT2D eigenvalue weighted by Crippen LogP contribution is 2.32. The molecule has 0 unspecified atom stereocenters. The molecule has 0 fully saturated rings. The molecule has 0 aliphatic rings. The minimum Gasteiger partial charge on any atom is -0.494 e. The van der Waals surface area contributed by atoms with Crippen molar-refractivity contribution >= 4 is 46.7 Å². The van der Waals surface area contributed by atoms with Crippen molar-refractivity contribution in [1.29, 1.82) is 0 Å². The van der Waals surface area contributed by atoms with Crippen LogP contribution in [0.25, 0.3) is 5.69 Å². The third kappa shape index (κ3) is 10.6. The van der Waals surface area contributed by atoms with Crippen molar-refractivity contribution in [2.45, 2.75) is 77.7 Å². The summed E-state index contributed by atoms with van der Waals surface area (Å²) >= 11 is 18.8. The van der Waals surface area contributed by atoms with Crippen LogP contribution < -0.4 is 19.9 Å². The predicted molar refractivity (Wildman–Crippen MR) is 184 cm³/mol. The summed E-state index contributed by atoms with van der Waals surface area (Å²) in [5.74, 6) is 1.33. The van der Waals surface area contributed by atoms with Gasteiger partial charge in [-0.3, -0.25) is 14.8 Å². The number of para-hydroxylation sites is 1. The zero-order valence-corrected chi connectivity index (χ0v) is 27.8. The molecule has 0 saturated carbocycles. The second-order valence-corrected chi connectivity index (χ2v) is 12.2. The maximum atomic E-state index is 13.4. The Morgan fingerprint density at radius 1 is 0.778 bits per heavy atom. The van der Waals surface area contributed by atoms with Crippen LogP contribution in [-0.2, 0) is 6.54 Å². The highest BCUT2D eigenvalue weighted by atomic mass is 35.5. The van der Waals surface area contributed by atoms with Crippen LogP contribution >= 0.6 is 34.8 Å². The van der Waals surface area contributed by atoms with E-state index < -0.39 is 11.7 Å². The van der Waals surface area contributed by atoms with E-state index in [1.807, 2.05) is 30.3 Å². The first-order chi connectivity index (χ1) is 21.9. The normalized spacial score (nSPS) is 11.0. The maximum absolute atomic E-state index is 13.4. The topological polar surface area (TPSA) is 76.6 Å². The number of carbonyl (C=O) groups excluding carboxylic acids is 1. The molecule has 4 rings (SSSR count). The molecule has 1 aromatic heterocycles. The van der Waals surface area contributed by atoms with Crippen molar-refractivity contribution in [3.05, 3.63) is 104 Å². The SMILES string of the molecule is CCCCCCCCCCCCOc1ccc(CN(C(=O)Oc2ccccc2)c2cc(=O)n(-c3c(Cl)cc(Cl)cc3Cl)[nH]2)cc1. The lowest BCUT2D eigenvalue weighted by Crippen LogP contribution is -2.33. The number of nitrogens with one attached hydrogen (secondary N) is 1. The number of anilines is 1. The van der Waals surface area contributed by atoms with E-state index in [4.69, 9.17) is 44.3 Å². The Balaban J connectivity index is 1.39. The number of unbranched alkanes of at least 4 members (excludes halogenated alkanes) is 9. The third-order valence-electron chi connectivity index (χ3n) is 7.40. The number of ether oxygens (including phenoxy) is 2. The first kappa shape index (κ1) is 34.5. The zero-order chi connectivity index (χ0) is 32.0. The zero-order valence-electron chi connectivity index (χ0n) is 25.6. The lowest BCUT2D eigenvalue weighted by atomic mass is 10.1.